The standard InChI is InChI=1S/C13H16Cl2N2O2/c14-11-5-4-10(12(15)17-11)13(19)16-6-8-2-1-3-9(8)7-18/h4-5,8-9,18H,1-3,6-7H2,(H,16,19). The van der Waals surface area contributed by atoms with Crippen LogP contribution in [-0.2, 0) is 0 Å². The van der Waals surface area contributed by atoms with Crippen LogP contribution in [0.25, 0.3) is 0 Å². The van der Waals surface area contributed by atoms with Gasteiger partial charge in [-0.2, -0.15) is 0 Å². The predicted molar refractivity (Wildman–Crippen MR) is 74.5 cm³/mol. The summed E-state index contributed by atoms with van der Waals surface area (Å²) in [5.41, 5.74) is 0.324. The summed E-state index contributed by atoms with van der Waals surface area (Å²) in [6.07, 6.45) is 3.17. The Labute approximate surface area is 122 Å². The summed E-state index contributed by atoms with van der Waals surface area (Å²) < 4.78 is 0. The third-order valence-electron chi connectivity index (χ3n) is 3.64. The van der Waals surface area contributed by atoms with E-state index in [1.807, 2.05) is 0 Å². The molecule has 4 nitrogen and oxygen atoms in total. The van der Waals surface area contributed by atoms with E-state index in [9.17, 15) is 9.90 Å². The second-order valence-electron chi connectivity index (χ2n) is 4.82. The summed E-state index contributed by atoms with van der Waals surface area (Å²) in [7, 11) is 0. The van der Waals surface area contributed by atoms with Crippen LogP contribution in [0.4, 0.5) is 0 Å². The van der Waals surface area contributed by atoms with Gasteiger partial charge in [0, 0.05) is 13.2 Å². The van der Waals surface area contributed by atoms with E-state index in [1.165, 1.54) is 6.07 Å². The second-order valence-corrected chi connectivity index (χ2v) is 5.56. The zero-order valence-corrected chi connectivity index (χ0v) is 11.9. The van der Waals surface area contributed by atoms with Crippen LogP contribution >= 0.6 is 23.2 Å². The van der Waals surface area contributed by atoms with Crippen molar-refractivity contribution in [2.75, 3.05) is 13.2 Å². The predicted octanol–water partition coefficient (Wildman–Crippen LogP) is 2.53. The topological polar surface area (TPSA) is 62.2 Å². The number of nitrogens with zero attached hydrogens (tertiary/aromatic N) is 1. The fraction of sp³-hybridized carbons (Fsp3) is 0.538. The zero-order chi connectivity index (χ0) is 13.8. The van der Waals surface area contributed by atoms with Gasteiger partial charge in [0.25, 0.3) is 5.91 Å². The number of carbonyl (C=O) groups is 1. The van der Waals surface area contributed by atoms with Crippen molar-refractivity contribution in [3.05, 3.63) is 28.0 Å². The van der Waals surface area contributed by atoms with Crippen molar-refractivity contribution in [3.63, 3.8) is 0 Å². The molecule has 104 valence electrons. The van der Waals surface area contributed by atoms with Gasteiger partial charge in [-0.15, -0.1) is 0 Å². The minimum Gasteiger partial charge on any atom is -0.396 e. The molecule has 0 spiro atoms. The highest BCUT2D eigenvalue weighted by Gasteiger charge is 2.27. The Morgan fingerprint density at radius 3 is 2.79 bits per heavy atom. The SMILES string of the molecule is O=C(NCC1CCCC1CO)c1ccc(Cl)nc1Cl. The van der Waals surface area contributed by atoms with Gasteiger partial charge in [-0.1, -0.05) is 29.6 Å². The fourth-order valence-corrected chi connectivity index (χ4v) is 2.95. The van der Waals surface area contributed by atoms with Gasteiger partial charge in [0.05, 0.1) is 5.56 Å². The average molecular weight is 303 g/mol. The van der Waals surface area contributed by atoms with Crippen LogP contribution in [0.5, 0.6) is 0 Å². The van der Waals surface area contributed by atoms with Crippen molar-refractivity contribution in [1.29, 1.82) is 0 Å². The summed E-state index contributed by atoms with van der Waals surface area (Å²) >= 11 is 11.6. The molecule has 2 atom stereocenters. The molecular weight excluding hydrogens is 287 g/mol. The summed E-state index contributed by atoms with van der Waals surface area (Å²) in [6.45, 7) is 0.743. The molecule has 0 aromatic carbocycles. The molecule has 6 heteroatoms. The third-order valence-corrected chi connectivity index (χ3v) is 4.13. The highest BCUT2D eigenvalue weighted by molar-refractivity contribution is 6.34. The lowest BCUT2D eigenvalue weighted by Gasteiger charge is -2.17. The number of pyridine rings is 1. The molecule has 2 unspecified atom stereocenters. The molecule has 0 saturated heterocycles. The van der Waals surface area contributed by atoms with E-state index >= 15 is 0 Å². The lowest BCUT2D eigenvalue weighted by atomic mass is 9.97. The van der Waals surface area contributed by atoms with E-state index < -0.39 is 0 Å². The van der Waals surface area contributed by atoms with Crippen LogP contribution in [0.2, 0.25) is 10.3 Å². The Kier molecular flexibility index (Phi) is 5.02. The number of halogens is 2. The van der Waals surface area contributed by atoms with Crippen LogP contribution in [0.15, 0.2) is 12.1 Å². The Hall–Kier alpha value is -0.840. The zero-order valence-electron chi connectivity index (χ0n) is 10.4. The molecule has 1 saturated carbocycles. The number of aliphatic hydroxyl groups is 1. The van der Waals surface area contributed by atoms with Gasteiger partial charge in [0.2, 0.25) is 0 Å². The molecule has 0 aliphatic heterocycles. The van der Waals surface area contributed by atoms with Gasteiger partial charge in [0.15, 0.2) is 0 Å². The molecule has 0 bridgehead atoms. The maximum Gasteiger partial charge on any atom is 0.254 e. The number of rotatable bonds is 4. The van der Waals surface area contributed by atoms with Crippen molar-refractivity contribution >= 4 is 29.1 Å². The van der Waals surface area contributed by atoms with E-state index in [2.05, 4.69) is 10.3 Å². The summed E-state index contributed by atoms with van der Waals surface area (Å²) in [5.74, 6) is 0.379. The summed E-state index contributed by atoms with van der Waals surface area (Å²) in [6, 6.07) is 3.10. The number of carbonyl (C=O) groups excluding carboxylic acids is 1. The number of amides is 1. The molecule has 2 rings (SSSR count). The number of aliphatic hydroxyl groups excluding tert-OH is 1. The first-order valence-electron chi connectivity index (χ1n) is 6.33. The minimum absolute atomic E-state index is 0.107. The van der Waals surface area contributed by atoms with Crippen molar-refractivity contribution in [1.82, 2.24) is 10.3 Å². The summed E-state index contributed by atoms with van der Waals surface area (Å²) in [5, 5.41) is 12.5. The van der Waals surface area contributed by atoms with Crippen LogP contribution in [0, 0.1) is 11.8 Å². The van der Waals surface area contributed by atoms with E-state index in [-0.39, 0.29) is 22.8 Å². The fourth-order valence-electron chi connectivity index (χ4n) is 2.52. The quantitative estimate of drug-likeness (QED) is 0.840. The van der Waals surface area contributed by atoms with Gasteiger partial charge >= 0.3 is 0 Å². The van der Waals surface area contributed by atoms with Crippen molar-refractivity contribution in [3.8, 4) is 0 Å². The maximum atomic E-state index is 12.0. The first kappa shape index (κ1) is 14.6. The van der Waals surface area contributed by atoms with Crippen molar-refractivity contribution < 1.29 is 9.90 Å². The smallest absolute Gasteiger partial charge is 0.254 e. The molecule has 1 amide bonds. The number of hydrogen-bond acceptors (Lipinski definition) is 3. The molecule has 19 heavy (non-hydrogen) atoms. The Morgan fingerprint density at radius 2 is 2.11 bits per heavy atom. The Balaban J connectivity index is 1.94. The molecule has 2 N–H and O–H groups in total. The van der Waals surface area contributed by atoms with Crippen molar-refractivity contribution in [2.45, 2.75) is 19.3 Å². The molecule has 1 aliphatic carbocycles. The Morgan fingerprint density at radius 1 is 1.37 bits per heavy atom. The van der Waals surface area contributed by atoms with E-state index in [1.54, 1.807) is 6.07 Å². The first-order valence-corrected chi connectivity index (χ1v) is 7.08. The number of nitrogens with one attached hydrogen (secondary N) is 1. The monoisotopic (exact) mass is 302 g/mol. The molecule has 0 radical (unpaired) electrons. The lowest BCUT2D eigenvalue weighted by molar-refractivity contribution is 0.0937. The van der Waals surface area contributed by atoms with Gasteiger partial charge in [-0.05, 0) is 36.8 Å². The molecule has 1 fully saturated rings. The molecule has 1 aliphatic rings. The van der Waals surface area contributed by atoms with E-state index in [0.29, 0.717) is 23.9 Å². The average Bonchev–Trinajstić information content (AvgIpc) is 2.83. The molecule has 1 heterocycles. The van der Waals surface area contributed by atoms with Crippen LogP contribution < -0.4 is 5.32 Å². The maximum absolute atomic E-state index is 12.0. The van der Waals surface area contributed by atoms with Gasteiger partial charge in [-0.25, -0.2) is 4.98 Å². The highest BCUT2D eigenvalue weighted by Crippen LogP contribution is 2.30. The van der Waals surface area contributed by atoms with Crippen LogP contribution in [0.3, 0.4) is 0 Å². The normalized spacial score (nSPS) is 22.5. The van der Waals surface area contributed by atoms with Gasteiger partial charge in [0.1, 0.15) is 10.3 Å². The van der Waals surface area contributed by atoms with Crippen LogP contribution in [0.1, 0.15) is 29.6 Å². The molecular formula is C13H16Cl2N2O2. The third kappa shape index (κ3) is 3.59. The first-order chi connectivity index (χ1) is 9.11. The largest absolute Gasteiger partial charge is 0.396 e. The summed E-state index contributed by atoms with van der Waals surface area (Å²) in [4.78, 5) is 15.8. The molecule has 1 aromatic rings. The van der Waals surface area contributed by atoms with Gasteiger partial charge in [-0.3, -0.25) is 4.79 Å². The van der Waals surface area contributed by atoms with E-state index in [0.717, 1.165) is 19.3 Å². The second kappa shape index (κ2) is 6.55. The van der Waals surface area contributed by atoms with Gasteiger partial charge < -0.3 is 10.4 Å². The van der Waals surface area contributed by atoms with E-state index in [4.69, 9.17) is 23.2 Å². The Bertz CT molecular complexity index is 468. The minimum atomic E-state index is -0.252. The lowest BCUT2D eigenvalue weighted by Crippen LogP contribution is -2.31. The highest BCUT2D eigenvalue weighted by atomic mass is 35.5. The molecule has 1 aromatic heterocycles. The van der Waals surface area contributed by atoms with Crippen LogP contribution in [-0.4, -0.2) is 29.1 Å². The number of hydrogen-bond donors (Lipinski definition) is 2. The number of aromatic nitrogens is 1. The van der Waals surface area contributed by atoms with Crippen molar-refractivity contribution in [2.24, 2.45) is 11.8 Å².